The number of piperidine rings is 1. The van der Waals surface area contributed by atoms with Gasteiger partial charge in [-0.25, -0.2) is 0 Å². The first-order valence-electron chi connectivity index (χ1n) is 8.90. The van der Waals surface area contributed by atoms with Gasteiger partial charge >= 0.3 is 0 Å². The van der Waals surface area contributed by atoms with E-state index in [9.17, 15) is 9.59 Å². The number of benzene rings is 1. The number of carbonyl (C=O) groups is 2. The molecular formula is C19H25ClN2O2. The van der Waals surface area contributed by atoms with Crippen LogP contribution in [0.1, 0.15) is 51.0 Å². The molecule has 1 saturated carbocycles. The number of carbonyl (C=O) groups excluding carboxylic acids is 2. The second kappa shape index (κ2) is 7.14. The standard InChI is InChI=1S/C19H25ClN2O2/c1-2-17(23)21-16-8-4-11-22(13-16)18(24)19(9-5-10-19)14-6-3-7-15(20)12-14/h3,6-7,12,16H,2,4-5,8-11,13H2,1H3,(H,21,23)/t16-/m1/s1. The molecule has 3 rings (SSSR count). The van der Waals surface area contributed by atoms with E-state index in [1.54, 1.807) is 0 Å². The number of amides is 2. The molecule has 0 unspecified atom stereocenters. The van der Waals surface area contributed by atoms with Crippen molar-refractivity contribution in [1.29, 1.82) is 0 Å². The van der Waals surface area contributed by atoms with Crippen molar-refractivity contribution < 1.29 is 9.59 Å². The number of hydrogen-bond donors (Lipinski definition) is 1. The van der Waals surface area contributed by atoms with E-state index in [1.807, 2.05) is 36.1 Å². The molecule has 0 bridgehead atoms. The number of halogens is 1. The highest BCUT2D eigenvalue weighted by Crippen LogP contribution is 2.46. The highest BCUT2D eigenvalue weighted by atomic mass is 35.5. The van der Waals surface area contributed by atoms with Crippen molar-refractivity contribution in [3.05, 3.63) is 34.9 Å². The summed E-state index contributed by atoms with van der Waals surface area (Å²) in [5.74, 6) is 0.258. The summed E-state index contributed by atoms with van der Waals surface area (Å²) in [6.45, 7) is 3.25. The summed E-state index contributed by atoms with van der Waals surface area (Å²) in [5.41, 5.74) is 0.618. The molecule has 0 radical (unpaired) electrons. The van der Waals surface area contributed by atoms with Gasteiger partial charge < -0.3 is 10.2 Å². The molecular weight excluding hydrogens is 324 g/mol. The van der Waals surface area contributed by atoms with Crippen molar-refractivity contribution >= 4 is 23.4 Å². The molecule has 2 fully saturated rings. The summed E-state index contributed by atoms with van der Waals surface area (Å²) < 4.78 is 0. The topological polar surface area (TPSA) is 49.4 Å². The van der Waals surface area contributed by atoms with Crippen LogP contribution in [-0.2, 0) is 15.0 Å². The highest BCUT2D eigenvalue weighted by molar-refractivity contribution is 6.30. The lowest BCUT2D eigenvalue weighted by Gasteiger charge is -2.46. The van der Waals surface area contributed by atoms with E-state index < -0.39 is 5.41 Å². The van der Waals surface area contributed by atoms with Crippen LogP contribution in [0.25, 0.3) is 0 Å². The minimum Gasteiger partial charge on any atom is -0.352 e. The van der Waals surface area contributed by atoms with E-state index in [4.69, 9.17) is 11.6 Å². The summed E-state index contributed by atoms with van der Waals surface area (Å²) in [6.07, 6.45) is 5.20. The Labute approximate surface area is 148 Å². The minimum absolute atomic E-state index is 0.0579. The Kier molecular flexibility index (Phi) is 5.14. The molecule has 1 aliphatic carbocycles. The van der Waals surface area contributed by atoms with Crippen LogP contribution >= 0.6 is 11.6 Å². The maximum atomic E-state index is 13.3. The monoisotopic (exact) mass is 348 g/mol. The molecule has 2 aliphatic rings. The normalized spacial score (nSPS) is 22.6. The molecule has 1 N–H and O–H groups in total. The Morgan fingerprint density at radius 1 is 1.33 bits per heavy atom. The van der Waals surface area contributed by atoms with Gasteiger partial charge in [-0.1, -0.05) is 37.1 Å². The molecule has 1 aliphatic heterocycles. The molecule has 4 nitrogen and oxygen atoms in total. The summed E-state index contributed by atoms with van der Waals surface area (Å²) in [6, 6.07) is 7.79. The first-order chi connectivity index (χ1) is 11.5. The summed E-state index contributed by atoms with van der Waals surface area (Å²) >= 11 is 6.15. The Bertz CT molecular complexity index is 628. The molecule has 5 heteroatoms. The number of rotatable bonds is 4. The van der Waals surface area contributed by atoms with Gasteiger partial charge in [0.25, 0.3) is 0 Å². The Morgan fingerprint density at radius 3 is 2.75 bits per heavy atom. The molecule has 130 valence electrons. The van der Waals surface area contributed by atoms with Gasteiger partial charge in [-0.05, 0) is 43.4 Å². The van der Waals surface area contributed by atoms with Gasteiger partial charge in [-0.2, -0.15) is 0 Å². The zero-order chi connectivity index (χ0) is 17.2. The first kappa shape index (κ1) is 17.3. The molecule has 1 aromatic carbocycles. The van der Waals surface area contributed by atoms with Gasteiger partial charge in [0.05, 0.1) is 5.41 Å². The van der Waals surface area contributed by atoms with Crippen molar-refractivity contribution in [2.45, 2.75) is 56.9 Å². The SMILES string of the molecule is CCC(=O)N[C@@H]1CCCN(C(=O)C2(c3cccc(Cl)c3)CCC2)C1. The van der Waals surface area contributed by atoms with Crippen molar-refractivity contribution in [2.24, 2.45) is 0 Å². The third-order valence-corrected chi connectivity index (χ3v) is 5.62. The van der Waals surface area contributed by atoms with E-state index in [0.29, 0.717) is 18.0 Å². The average Bonchev–Trinajstić information content (AvgIpc) is 2.54. The maximum absolute atomic E-state index is 13.3. The second-order valence-electron chi connectivity index (χ2n) is 6.96. The van der Waals surface area contributed by atoms with Crippen molar-refractivity contribution in [3.63, 3.8) is 0 Å². The van der Waals surface area contributed by atoms with Gasteiger partial charge in [0.15, 0.2) is 0 Å². The van der Waals surface area contributed by atoms with Crippen LogP contribution in [0.3, 0.4) is 0 Å². The lowest BCUT2D eigenvalue weighted by Crippen LogP contribution is -2.56. The van der Waals surface area contributed by atoms with Crippen LogP contribution < -0.4 is 5.32 Å². The zero-order valence-corrected chi connectivity index (χ0v) is 14.9. The highest BCUT2D eigenvalue weighted by Gasteiger charge is 2.48. The molecule has 2 amide bonds. The van der Waals surface area contributed by atoms with E-state index in [1.165, 1.54) is 0 Å². The average molecular weight is 349 g/mol. The summed E-state index contributed by atoms with van der Waals surface area (Å²) in [4.78, 5) is 26.9. The quantitative estimate of drug-likeness (QED) is 0.907. The van der Waals surface area contributed by atoms with E-state index in [-0.39, 0.29) is 17.9 Å². The Balaban J connectivity index is 1.75. The third kappa shape index (κ3) is 3.30. The predicted molar refractivity (Wildman–Crippen MR) is 95.0 cm³/mol. The van der Waals surface area contributed by atoms with Crippen LogP contribution in [0.4, 0.5) is 0 Å². The lowest BCUT2D eigenvalue weighted by molar-refractivity contribution is -0.143. The fourth-order valence-electron chi connectivity index (χ4n) is 3.85. The van der Waals surface area contributed by atoms with E-state index in [0.717, 1.165) is 44.2 Å². The van der Waals surface area contributed by atoms with Crippen LogP contribution in [0, 0.1) is 0 Å². The van der Waals surface area contributed by atoms with Crippen molar-refractivity contribution in [1.82, 2.24) is 10.2 Å². The van der Waals surface area contributed by atoms with Gasteiger partial charge in [0.1, 0.15) is 0 Å². The van der Waals surface area contributed by atoms with E-state index in [2.05, 4.69) is 5.32 Å². The smallest absolute Gasteiger partial charge is 0.233 e. The Hall–Kier alpha value is -1.55. The van der Waals surface area contributed by atoms with E-state index >= 15 is 0 Å². The molecule has 1 heterocycles. The third-order valence-electron chi connectivity index (χ3n) is 5.39. The molecule has 0 aromatic heterocycles. The van der Waals surface area contributed by atoms with Crippen LogP contribution in [-0.4, -0.2) is 35.8 Å². The molecule has 1 saturated heterocycles. The summed E-state index contributed by atoms with van der Waals surface area (Å²) in [7, 11) is 0. The fourth-order valence-corrected chi connectivity index (χ4v) is 4.04. The minimum atomic E-state index is -0.415. The maximum Gasteiger partial charge on any atom is 0.233 e. The zero-order valence-electron chi connectivity index (χ0n) is 14.2. The van der Waals surface area contributed by atoms with Crippen molar-refractivity contribution in [2.75, 3.05) is 13.1 Å². The molecule has 1 atom stereocenters. The number of likely N-dealkylation sites (tertiary alicyclic amines) is 1. The first-order valence-corrected chi connectivity index (χ1v) is 9.28. The van der Waals surface area contributed by atoms with Gasteiger partial charge in [0.2, 0.25) is 11.8 Å². The molecule has 24 heavy (non-hydrogen) atoms. The molecule has 1 aromatic rings. The predicted octanol–water partition coefficient (Wildman–Crippen LogP) is 3.28. The number of hydrogen-bond acceptors (Lipinski definition) is 2. The fraction of sp³-hybridized carbons (Fsp3) is 0.579. The van der Waals surface area contributed by atoms with Gasteiger partial charge in [-0.15, -0.1) is 0 Å². The Morgan fingerprint density at radius 2 is 2.12 bits per heavy atom. The van der Waals surface area contributed by atoms with Crippen LogP contribution in [0.15, 0.2) is 24.3 Å². The molecule has 0 spiro atoms. The summed E-state index contributed by atoms with van der Waals surface area (Å²) in [5, 5.41) is 3.71. The van der Waals surface area contributed by atoms with Gasteiger partial charge in [-0.3, -0.25) is 9.59 Å². The van der Waals surface area contributed by atoms with Crippen LogP contribution in [0.5, 0.6) is 0 Å². The second-order valence-corrected chi connectivity index (χ2v) is 7.39. The lowest BCUT2D eigenvalue weighted by atomic mass is 9.63. The number of nitrogens with one attached hydrogen (secondary N) is 1. The number of nitrogens with zero attached hydrogens (tertiary/aromatic N) is 1. The van der Waals surface area contributed by atoms with Gasteiger partial charge in [0, 0.05) is 30.6 Å². The largest absolute Gasteiger partial charge is 0.352 e. The van der Waals surface area contributed by atoms with Crippen molar-refractivity contribution in [3.8, 4) is 0 Å². The van der Waals surface area contributed by atoms with Crippen LogP contribution in [0.2, 0.25) is 5.02 Å².